The Bertz CT molecular complexity index is 1500. The summed E-state index contributed by atoms with van der Waals surface area (Å²) < 4.78 is 14.2. The number of benzene rings is 1. The molecule has 2 fully saturated rings. The molecule has 0 radical (unpaired) electrons. The number of rotatable bonds is 8. The molecule has 2 heterocycles. The topological polar surface area (TPSA) is 125 Å². The molecule has 2 aliphatic rings. The molecule has 0 bridgehead atoms. The van der Waals surface area contributed by atoms with E-state index in [0.29, 0.717) is 16.8 Å². The Morgan fingerprint density at radius 3 is 2.45 bits per heavy atom. The molecule has 2 amide bonds. The number of esters is 1. The van der Waals surface area contributed by atoms with E-state index in [1.54, 1.807) is 53.9 Å². The maximum atomic E-state index is 13.2. The van der Waals surface area contributed by atoms with Crippen molar-refractivity contribution in [1.29, 1.82) is 0 Å². The first-order valence-corrected chi connectivity index (χ1v) is 13.7. The molecule has 2 saturated carbocycles. The van der Waals surface area contributed by atoms with Crippen LogP contribution in [0.1, 0.15) is 74.8 Å². The number of hydrogen-bond donors (Lipinski definition) is 1. The number of methoxy groups -OCH3 is 1. The summed E-state index contributed by atoms with van der Waals surface area (Å²) in [6.07, 6.45) is 8.05. The van der Waals surface area contributed by atoms with Crippen molar-refractivity contribution < 1.29 is 23.9 Å². The van der Waals surface area contributed by atoms with Gasteiger partial charge in [0, 0.05) is 49.9 Å². The quantitative estimate of drug-likeness (QED) is 0.425. The van der Waals surface area contributed by atoms with E-state index in [2.05, 4.69) is 5.32 Å². The maximum absolute atomic E-state index is 13.2. The van der Waals surface area contributed by atoms with Gasteiger partial charge in [0.15, 0.2) is 6.10 Å². The molecule has 1 aromatic carbocycles. The Labute approximate surface area is 232 Å². The van der Waals surface area contributed by atoms with E-state index in [-0.39, 0.29) is 35.3 Å². The van der Waals surface area contributed by atoms with Crippen molar-refractivity contribution >= 4 is 34.4 Å². The van der Waals surface area contributed by atoms with Crippen LogP contribution in [0.2, 0.25) is 0 Å². The number of amides is 2. The minimum Gasteiger partial charge on any atom is -0.496 e. The average molecular weight is 550 g/mol. The first kappa shape index (κ1) is 27.4. The number of nitrogens with zero attached hydrogens (tertiary/aromatic N) is 4. The molecule has 0 unspecified atom stereocenters. The minimum atomic E-state index is -0.806. The van der Waals surface area contributed by atoms with Gasteiger partial charge in [-0.1, -0.05) is 0 Å². The molecule has 1 N–H and O–H groups in total. The summed E-state index contributed by atoms with van der Waals surface area (Å²) in [5.74, 6) is -0.728. The normalized spacial score (nSPS) is 19.6. The van der Waals surface area contributed by atoms with E-state index < -0.39 is 18.0 Å². The van der Waals surface area contributed by atoms with Crippen molar-refractivity contribution in [3.8, 4) is 5.75 Å². The molecule has 5 rings (SSSR count). The number of fused-ring (bicyclic) bond motifs is 1. The Morgan fingerprint density at radius 1 is 1.10 bits per heavy atom. The second-order valence-corrected chi connectivity index (χ2v) is 10.7. The fraction of sp³-hybridized carbons (Fsp3) is 0.483. The molecule has 0 saturated heterocycles. The lowest BCUT2D eigenvalue weighted by molar-refractivity contribution is -0.158. The van der Waals surface area contributed by atoms with Crippen molar-refractivity contribution in [3.63, 3.8) is 0 Å². The van der Waals surface area contributed by atoms with E-state index in [0.717, 1.165) is 43.9 Å². The van der Waals surface area contributed by atoms with Crippen LogP contribution in [0, 0.1) is 0 Å². The van der Waals surface area contributed by atoms with Crippen LogP contribution in [0.25, 0.3) is 10.9 Å². The predicted octanol–water partition coefficient (Wildman–Crippen LogP) is 3.69. The van der Waals surface area contributed by atoms with Crippen LogP contribution in [0.15, 0.2) is 41.5 Å². The highest BCUT2D eigenvalue weighted by atomic mass is 16.5. The third-order valence-corrected chi connectivity index (χ3v) is 7.88. The average Bonchev–Trinajstić information content (AvgIpc) is 3.70. The number of ether oxygens (including phenoxy) is 2. The zero-order valence-electron chi connectivity index (χ0n) is 23.3. The molecule has 0 spiro atoms. The Hall–Kier alpha value is -4.15. The number of nitrogens with one attached hydrogen (secondary N) is 1. The highest BCUT2D eigenvalue weighted by Crippen LogP contribution is 2.34. The summed E-state index contributed by atoms with van der Waals surface area (Å²) in [6, 6.07) is 7.27. The molecule has 212 valence electrons. The van der Waals surface area contributed by atoms with Crippen molar-refractivity contribution in [2.24, 2.45) is 0 Å². The summed E-state index contributed by atoms with van der Waals surface area (Å²) >= 11 is 0. The molecule has 0 aliphatic heterocycles. The predicted molar refractivity (Wildman–Crippen MR) is 149 cm³/mol. The van der Waals surface area contributed by atoms with Gasteiger partial charge < -0.3 is 24.3 Å². The Kier molecular flexibility index (Phi) is 7.64. The zero-order valence-corrected chi connectivity index (χ0v) is 23.3. The highest BCUT2D eigenvalue weighted by Gasteiger charge is 2.31. The Balaban J connectivity index is 1.29. The van der Waals surface area contributed by atoms with Gasteiger partial charge in [0.05, 0.1) is 24.2 Å². The number of anilines is 1. The number of carbonyl (C=O) groups is 3. The molecule has 2 aliphatic carbocycles. The summed E-state index contributed by atoms with van der Waals surface area (Å²) in [5.41, 5.74) is 1.05. The Morgan fingerprint density at radius 2 is 1.80 bits per heavy atom. The molecule has 40 heavy (non-hydrogen) atoms. The molecule has 11 nitrogen and oxygen atoms in total. The SMILES string of the molecule is COc1cc2nn(C3CCC(N(C)C(=O)[C@H](C)OC(C)=O)CC3)cc2cc1C(=O)Nc1cccn(C2CC2)c1=O. The van der Waals surface area contributed by atoms with Crippen molar-refractivity contribution in [1.82, 2.24) is 19.2 Å². The van der Waals surface area contributed by atoms with Crippen LogP contribution in [-0.4, -0.2) is 63.3 Å². The minimum absolute atomic E-state index is 0.0598. The van der Waals surface area contributed by atoms with Gasteiger partial charge in [-0.2, -0.15) is 5.10 Å². The van der Waals surface area contributed by atoms with Gasteiger partial charge >= 0.3 is 5.97 Å². The van der Waals surface area contributed by atoms with Crippen LogP contribution in [-0.2, 0) is 14.3 Å². The van der Waals surface area contributed by atoms with E-state index in [1.807, 2.05) is 10.9 Å². The van der Waals surface area contributed by atoms with Gasteiger partial charge in [-0.15, -0.1) is 0 Å². The molecule has 1 atom stereocenters. The van der Waals surface area contributed by atoms with Gasteiger partial charge in [-0.25, -0.2) is 0 Å². The zero-order chi connectivity index (χ0) is 28.6. The lowest BCUT2D eigenvalue weighted by Crippen LogP contribution is -2.45. The van der Waals surface area contributed by atoms with E-state index in [1.165, 1.54) is 14.0 Å². The molecule has 2 aromatic heterocycles. The number of likely N-dealkylation sites (N-methyl/N-ethyl adjacent to an activating group) is 1. The van der Waals surface area contributed by atoms with Crippen molar-refractivity contribution in [2.45, 2.75) is 76.6 Å². The second kappa shape index (κ2) is 11.1. The fourth-order valence-corrected chi connectivity index (χ4v) is 5.52. The largest absolute Gasteiger partial charge is 0.496 e. The molecule has 11 heteroatoms. The van der Waals surface area contributed by atoms with Crippen LogP contribution >= 0.6 is 0 Å². The van der Waals surface area contributed by atoms with E-state index in [4.69, 9.17) is 14.6 Å². The third-order valence-electron chi connectivity index (χ3n) is 7.88. The monoisotopic (exact) mass is 549 g/mol. The second-order valence-electron chi connectivity index (χ2n) is 10.7. The molecular weight excluding hydrogens is 514 g/mol. The summed E-state index contributed by atoms with van der Waals surface area (Å²) in [7, 11) is 3.25. The molecular formula is C29H35N5O6. The first-order valence-electron chi connectivity index (χ1n) is 13.7. The number of aromatic nitrogens is 3. The first-order chi connectivity index (χ1) is 19.2. The lowest BCUT2D eigenvalue weighted by atomic mass is 9.90. The lowest BCUT2D eigenvalue weighted by Gasteiger charge is -2.35. The van der Waals surface area contributed by atoms with Gasteiger partial charge in [0.1, 0.15) is 11.4 Å². The number of carbonyl (C=O) groups excluding carboxylic acids is 3. The van der Waals surface area contributed by atoms with Crippen LogP contribution < -0.4 is 15.6 Å². The van der Waals surface area contributed by atoms with Crippen molar-refractivity contribution in [2.75, 3.05) is 19.5 Å². The van der Waals surface area contributed by atoms with Gasteiger partial charge in [-0.3, -0.25) is 23.9 Å². The van der Waals surface area contributed by atoms with Gasteiger partial charge in [0.2, 0.25) is 0 Å². The van der Waals surface area contributed by atoms with Crippen LogP contribution in [0.3, 0.4) is 0 Å². The summed E-state index contributed by atoms with van der Waals surface area (Å²) in [6.45, 7) is 2.89. The number of pyridine rings is 1. The summed E-state index contributed by atoms with van der Waals surface area (Å²) in [4.78, 5) is 51.6. The van der Waals surface area contributed by atoms with Crippen LogP contribution in [0.5, 0.6) is 5.75 Å². The smallest absolute Gasteiger partial charge is 0.303 e. The van der Waals surface area contributed by atoms with Gasteiger partial charge in [0.25, 0.3) is 17.4 Å². The highest BCUT2D eigenvalue weighted by molar-refractivity contribution is 6.08. The van der Waals surface area contributed by atoms with Crippen LogP contribution in [0.4, 0.5) is 5.69 Å². The third kappa shape index (κ3) is 5.59. The summed E-state index contributed by atoms with van der Waals surface area (Å²) in [5, 5.41) is 8.31. The number of hydrogen-bond acceptors (Lipinski definition) is 7. The standard InChI is InChI=1S/C29H35N5O6/c1-17(40-18(2)35)28(37)32(3)20-7-11-22(12-8-20)34-16-19-14-23(26(39-4)15-25(19)31-34)27(36)30-24-6-5-13-33(29(24)38)21-9-10-21/h5-6,13-17,20-22H,7-12H2,1-4H3,(H,30,36)/t17-,20?,22?/m0/s1. The molecule has 3 aromatic rings. The fourth-order valence-electron chi connectivity index (χ4n) is 5.52. The van der Waals surface area contributed by atoms with E-state index >= 15 is 0 Å². The van der Waals surface area contributed by atoms with Crippen molar-refractivity contribution in [3.05, 3.63) is 52.6 Å². The van der Waals surface area contributed by atoms with E-state index in [9.17, 15) is 19.2 Å². The van der Waals surface area contributed by atoms with Gasteiger partial charge in [-0.05, 0) is 63.6 Å². The maximum Gasteiger partial charge on any atom is 0.303 e.